The third-order valence-electron chi connectivity index (χ3n) is 7.07. The van der Waals surface area contributed by atoms with E-state index < -0.39 is 11.1 Å². The first-order valence-corrected chi connectivity index (χ1v) is 13.8. The summed E-state index contributed by atoms with van der Waals surface area (Å²) in [6, 6.07) is 13.8. The van der Waals surface area contributed by atoms with E-state index in [0.717, 1.165) is 55.8 Å². The molecule has 2 aromatic rings. The van der Waals surface area contributed by atoms with Crippen molar-refractivity contribution in [3.63, 3.8) is 0 Å². The number of rotatable bonds is 6. The molecule has 3 unspecified atom stereocenters. The van der Waals surface area contributed by atoms with Crippen LogP contribution in [0.15, 0.2) is 70.3 Å². The highest BCUT2D eigenvalue weighted by molar-refractivity contribution is 7.80. The van der Waals surface area contributed by atoms with E-state index in [0.29, 0.717) is 10.7 Å². The standard InChI is InChI=1S/C27H31NO5S.C2H6/c1-30-24-11-7-8-18-14-23-21-16-26(32-3)25(31-2)15-19(21)12-13-28(23)17-22(18)27(24)33-34(29)20-9-5-4-6-10-20;1-2/h4-6,8-10,15-16,23-24H,7,11-14,17H2,1-3H3;1-2H3. The van der Waals surface area contributed by atoms with Crippen molar-refractivity contribution in [3.05, 3.63) is 76.6 Å². The Labute approximate surface area is 217 Å². The Bertz CT molecular complexity index is 1140. The Morgan fingerprint density at radius 1 is 1.00 bits per heavy atom. The summed E-state index contributed by atoms with van der Waals surface area (Å²) in [4.78, 5) is 3.15. The maximum Gasteiger partial charge on any atom is 0.240 e. The molecule has 1 aliphatic carbocycles. The lowest BCUT2D eigenvalue weighted by molar-refractivity contribution is 0.0927. The van der Waals surface area contributed by atoms with Crippen molar-refractivity contribution >= 4 is 11.1 Å². The van der Waals surface area contributed by atoms with Gasteiger partial charge in [-0.05, 0) is 66.6 Å². The lowest BCUT2D eigenvalue weighted by atomic mass is 9.82. The first kappa shape index (κ1) is 26.5. The highest BCUT2D eigenvalue weighted by atomic mass is 32.2. The van der Waals surface area contributed by atoms with Gasteiger partial charge >= 0.3 is 0 Å². The summed E-state index contributed by atoms with van der Waals surface area (Å²) in [7, 11) is 5.07. The van der Waals surface area contributed by atoms with Crippen LogP contribution in [0.3, 0.4) is 0 Å². The number of hydrogen-bond donors (Lipinski definition) is 0. The van der Waals surface area contributed by atoms with Gasteiger partial charge in [-0.15, -0.1) is 0 Å². The van der Waals surface area contributed by atoms with Gasteiger partial charge in [-0.2, -0.15) is 0 Å². The summed E-state index contributed by atoms with van der Waals surface area (Å²) < 4.78 is 36.2. The maximum atomic E-state index is 13.1. The fourth-order valence-corrected chi connectivity index (χ4v) is 6.16. The number of ether oxygens (including phenoxy) is 3. The molecule has 0 spiro atoms. The zero-order chi connectivity index (χ0) is 25.7. The molecule has 0 radical (unpaired) electrons. The van der Waals surface area contributed by atoms with Crippen molar-refractivity contribution in [3.8, 4) is 11.5 Å². The Balaban J connectivity index is 0.00000148. The second-order valence-electron chi connectivity index (χ2n) is 8.85. The van der Waals surface area contributed by atoms with E-state index in [4.69, 9.17) is 18.4 Å². The summed E-state index contributed by atoms with van der Waals surface area (Å²) in [6.07, 6.45) is 5.62. The second-order valence-corrected chi connectivity index (χ2v) is 9.96. The van der Waals surface area contributed by atoms with Gasteiger partial charge < -0.3 is 18.4 Å². The number of hydrogen-bond acceptors (Lipinski definition) is 6. The van der Waals surface area contributed by atoms with Crippen molar-refractivity contribution in [2.24, 2.45) is 0 Å². The van der Waals surface area contributed by atoms with E-state index in [1.165, 1.54) is 16.7 Å². The third-order valence-corrected chi connectivity index (χ3v) is 8.06. The lowest BCUT2D eigenvalue weighted by Crippen LogP contribution is -2.41. The Hall–Kier alpha value is -2.61. The van der Waals surface area contributed by atoms with Crippen molar-refractivity contribution in [2.75, 3.05) is 34.4 Å². The number of piperidine rings is 1. The molecular weight excluding hydrogens is 474 g/mol. The largest absolute Gasteiger partial charge is 0.493 e. The van der Waals surface area contributed by atoms with E-state index in [9.17, 15) is 4.21 Å². The van der Waals surface area contributed by atoms with E-state index in [-0.39, 0.29) is 12.1 Å². The van der Waals surface area contributed by atoms with Crippen LogP contribution in [0, 0.1) is 0 Å². The first-order chi connectivity index (χ1) is 17.6. The fraction of sp³-hybridized carbons (Fsp3) is 0.448. The SMILES string of the molecule is CC.COc1cc2c(cc1OC)C1CC3=CCCC(OC)C(OS(=O)c4ccccc4)=C3CN1CC2. The van der Waals surface area contributed by atoms with E-state index in [2.05, 4.69) is 23.1 Å². The number of allylic oxidation sites excluding steroid dienone is 1. The number of benzene rings is 2. The van der Waals surface area contributed by atoms with E-state index in [1.807, 2.05) is 44.2 Å². The van der Waals surface area contributed by atoms with Gasteiger partial charge in [0.25, 0.3) is 0 Å². The monoisotopic (exact) mass is 511 g/mol. The zero-order valence-electron chi connectivity index (χ0n) is 21.9. The van der Waals surface area contributed by atoms with Crippen molar-refractivity contribution in [1.82, 2.24) is 4.90 Å². The minimum Gasteiger partial charge on any atom is -0.493 e. The molecular formula is C29H37NO5S. The normalized spacial score (nSPS) is 22.0. The minimum atomic E-state index is -1.59. The quantitative estimate of drug-likeness (QED) is 0.491. The van der Waals surface area contributed by atoms with Crippen LogP contribution in [0.5, 0.6) is 11.5 Å². The second kappa shape index (κ2) is 12.1. The summed E-state index contributed by atoms with van der Waals surface area (Å²) in [6.45, 7) is 5.68. The zero-order valence-corrected chi connectivity index (χ0v) is 22.7. The number of nitrogens with zero attached hydrogens (tertiary/aromatic N) is 1. The van der Waals surface area contributed by atoms with Crippen LogP contribution in [0.4, 0.5) is 0 Å². The molecule has 3 atom stereocenters. The van der Waals surface area contributed by atoms with Crippen LogP contribution in [0.25, 0.3) is 0 Å². The van der Waals surface area contributed by atoms with E-state index >= 15 is 0 Å². The van der Waals surface area contributed by atoms with Crippen LogP contribution in [0.1, 0.15) is 50.3 Å². The molecule has 2 aliphatic heterocycles. The van der Waals surface area contributed by atoms with Crippen LogP contribution in [-0.4, -0.2) is 49.6 Å². The molecule has 2 heterocycles. The summed E-state index contributed by atoms with van der Waals surface area (Å²) in [5.74, 6) is 2.26. The predicted molar refractivity (Wildman–Crippen MR) is 143 cm³/mol. The summed E-state index contributed by atoms with van der Waals surface area (Å²) >= 11 is -1.59. The smallest absolute Gasteiger partial charge is 0.240 e. The summed E-state index contributed by atoms with van der Waals surface area (Å²) in [5.41, 5.74) is 5.00. The fourth-order valence-electron chi connectivity index (χ4n) is 5.31. The van der Waals surface area contributed by atoms with Gasteiger partial charge in [-0.25, -0.2) is 4.21 Å². The molecule has 2 aromatic carbocycles. The van der Waals surface area contributed by atoms with Crippen LogP contribution in [0.2, 0.25) is 0 Å². The number of methoxy groups -OCH3 is 3. The molecule has 6 nitrogen and oxygen atoms in total. The molecule has 36 heavy (non-hydrogen) atoms. The molecule has 3 aliphatic rings. The molecule has 0 amide bonds. The van der Waals surface area contributed by atoms with Gasteiger partial charge in [0, 0.05) is 31.8 Å². The van der Waals surface area contributed by atoms with Gasteiger partial charge in [0.05, 0.1) is 19.1 Å². The Morgan fingerprint density at radius 3 is 2.42 bits per heavy atom. The molecule has 0 aromatic heterocycles. The Kier molecular flexibility index (Phi) is 8.88. The van der Waals surface area contributed by atoms with Crippen LogP contribution < -0.4 is 9.47 Å². The average Bonchev–Trinajstić information content (AvgIpc) is 3.11. The van der Waals surface area contributed by atoms with Gasteiger partial charge in [0.15, 0.2) is 17.3 Å². The molecule has 1 fully saturated rings. The Morgan fingerprint density at radius 2 is 1.72 bits per heavy atom. The van der Waals surface area contributed by atoms with E-state index in [1.54, 1.807) is 21.3 Å². The molecule has 0 N–H and O–H groups in total. The van der Waals surface area contributed by atoms with Gasteiger partial charge in [-0.3, -0.25) is 4.90 Å². The highest BCUT2D eigenvalue weighted by Gasteiger charge is 2.38. The topological polar surface area (TPSA) is 57.2 Å². The molecule has 1 saturated heterocycles. The number of fused-ring (bicyclic) bond motifs is 4. The average molecular weight is 512 g/mol. The van der Waals surface area contributed by atoms with Crippen molar-refractivity contribution < 1.29 is 22.6 Å². The molecule has 0 saturated carbocycles. The van der Waals surface area contributed by atoms with Crippen molar-refractivity contribution in [2.45, 2.75) is 56.6 Å². The van der Waals surface area contributed by atoms with Gasteiger partial charge in [0.2, 0.25) is 11.1 Å². The third kappa shape index (κ3) is 5.24. The first-order valence-electron chi connectivity index (χ1n) is 12.7. The maximum absolute atomic E-state index is 13.1. The van der Waals surface area contributed by atoms with Gasteiger partial charge in [0.1, 0.15) is 6.10 Å². The molecule has 7 heteroatoms. The van der Waals surface area contributed by atoms with Crippen molar-refractivity contribution in [1.29, 1.82) is 0 Å². The van der Waals surface area contributed by atoms with Crippen LogP contribution in [-0.2, 0) is 26.4 Å². The minimum absolute atomic E-state index is 0.214. The molecule has 0 bridgehead atoms. The molecule has 5 rings (SSSR count). The van der Waals surface area contributed by atoms with Crippen LogP contribution >= 0.6 is 0 Å². The lowest BCUT2D eigenvalue weighted by Gasteiger charge is -2.43. The molecule has 194 valence electrons. The predicted octanol–water partition coefficient (Wildman–Crippen LogP) is 5.76. The van der Waals surface area contributed by atoms with Gasteiger partial charge in [-0.1, -0.05) is 38.1 Å². The highest BCUT2D eigenvalue weighted by Crippen LogP contribution is 2.46. The summed E-state index contributed by atoms with van der Waals surface area (Å²) in [5, 5.41) is 0.